The van der Waals surface area contributed by atoms with Crippen molar-refractivity contribution in [2.24, 2.45) is 0 Å². The molecule has 1 atom stereocenters. The number of aromatic nitrogens is 2. The largest absolute Gasteiger partial charge is 0.490 e. The number of carbonyl (C=O) groups excluding carboxylic acids is 1. The van der Waals surface area contributed by atoms with Crippen LogP contribution in [-0.2, 0) is 6.54 Å². The van der Waals surface area contributed by atoms with Crippen molar-refractivity contribution in [2.45, 2.75) is 46.2 Å². The Morgan fingerprint density at radius 1 is 1.32 bits per heavy atom. The van der Waals surface area contributed by atoms with Gasteiger partial charge in [-0.15, -0.1) is 0 Å². The summed E-state index contributed by atoms with van der Waals surface area (Å²) in [6.45, 7) is 8.20. The topological polar surface area (TPSA) is 68.2 Å². The average molecular weight is 342 g/mol. The number of amides is 2. The van der Waals surface area contributed by atoms with Crippen LogP contribution < -0.4 is 15.4 Å². The van der Waals surface area contributed by atoms with Crippen molar-refractivity contribution < 1.29 is 9.53 Å². The Hall–Kier alpha value is -2.50. The summed E-state index contributed by atoms with van der Waals surface area (Å²) in [6.07, 6.45) is 5.73. The molecule has 3 rings (SSSR count). The van der Waals surface area contributed by atoms with Gasteiger partial charge in [0.1, 0.15) is 18.2 Å². The van der Waals surface area contributed by atoms with Gasteiger partial charge in [-0.1, -0.05) is 12.1 Å². The minimum absolute atomic E-state index is 0.0806. The van der Waals surface area contributed by atoms with Crippen LogP contribution in [0.2, 0.25) is 0 Å². The number of fused-ring (bicyclic) bond motifs is 1. The van der Waals surface area contributed by atoms with Gasteiger partial charge in [-0.2, -0.15) is 0 Å². The summed E-state index contributed by atoms with van der Waals surface area (Å²) in [5, 5.41) is 5.94. The van der Waals surface area contributed by atoms with Gasteiger partial charge in [0.2, 0.25) is 0 Å². The maximum absolute atomic E-state index is 12.1. The van der Waals surface area contributed by atoms with Crippen molar-refractivity contribution in [2.75, 3.05) is 13.2 Å². The number of hydrogen-bond acceptors (Lipinski definition) is 3. The first kappa shape index (κ1) is 17.3. The zero-order valence-electron chi connectivity index (χ0n) is 15.1. The first-order valence-corrected chi connectivity index (χ1v) is 8.81. The third-order valence-electron chi connectivity index (χ3n) is 4.82. The Morgan fingerprint density at radius 2 is 2.16 bits per heavy atom. The molecule has 1 aromatic heterocycles. The summed E-state index contributed by atoms with van der Waals surface area (Å²) in [5.41, 5.74) is 3.42. The van der Waals surface area contributed by atoms with Gasteiger partial charge in [0.15, 0.2) is 0 Å². The number of hydrogen-bond donors (Lipinski definition) is 2. The molecule has 0 bridgehead atoms. The number of imidazole rings is 1. The lowest BCUT2D eigenvalue weighted by Crippen LogP contribution is -2.39. The molecule has 0 aliphatic carbocycles. The second-order valence-corrected chi connectivity index (χ2v) is 6.56. The number of ether oxygens (including phenoxy) is 1. The van der Waals surface area contributed by atoms with Crippen LogP contribution in [0.4, 0.5) is 4.79 Å². The molecule has 0 saturated heterocycles. The van der Waals surface area contributed by atoms with Crippen molar-refractivity contribution in [1.82, 2.24) is 20.2 Å². The molecule has 2 aromatic rings. The van der Waals surface area contributed by atoms with E-state index >= 15 is 0 Å². The molecule has 6 heteroatoms. The maximum atomic E-state index is 12.1. The molecule has 0 radical (unpaired) electrons. The van der Waals surface area contributed by atoms with Gasteiger partial charge in [-0.3, -0.25) is 0 Å². The molecular weight excluding hydrogens is 316 g/mol. The molecule has 2 amide bonds. The molecule has 134 valence electrons. The highest BCUT2D eigenvalue weighted by atomic mass is 16.5. The summed E-state index contributed by atoms with van der Waals surface area (Å²) in [7, 11) is 0. The van der Waals surface area contributed by atoms with Crippen LogP contribution in [0.15, 0.2) is 24.5 Å². The lowest BCUT2D eigenvalue weighted by molar-refractivity contribution is 0.232. The maximum Gasteiger partial charge on any atom is 0.315 e. The van der Waals surface area contributed by atoms with Gasteiger partial charge in [0.25, 0.3) is 0 Å². The summed E-state index contributed by atoms with van der Waals surface area (Å²) >= 11 is 0. The summed E-state index contributed by atoms with van der Waals surface area (Å²) < 4.78 is 7.89. The summed E-state index contributed by atoms with van der Waals surface area (Å²) in [6, 6.07) is 3.90. The van der Waals surface area contributed by atoms with Gasteiger partial charge in [0, 0.05) is 31.0 Å². The van der Waals surface area contributed by atoms with E-state index in [2.05, 4.69) is 40.1 Å². The highest BCUT2D eigenvalue weighted by Crippen LogP contribution is 2.36. The standard InChI is InChI=1S/C19H26N4O2/c1-13-6-7-16-17(12-25-18(16)14(13)2)22-19(24)21-8-4-5-10-23-11-9-20-15(23)3/h6-7,9,11,17H,4-5,8,10,12H2,1-3H3,(H2,21,22,24)/t17-/m0/s1. The van der Waals surface area contributed by atoms with Crippen LogP contribution in [0.3, 0.4) is 0 Å². The van der Waals surface area contributed by atoms with Crippen molar-refractivity contribution in [3.63, 3.8) is 0 Å². The smallest absolute Gasteiger partial charge is 0.315 e. The fraction of sp³-hybridized carbons (Fsp3) is 0.474. The zero-order chi connectivity index (χ0) is 17.8. The van der Waals surface area contributed by atoms with E-state index in [0.717, 1.165) is 42.1 Å². The fourth-order valence-electron chi connectivity index (χ4n) is 3.11. The third-order valence-corrected chi connectivity index (χ3v) is 4.82. The van der Waals surface area contributed by atoms with E-state index < -0.39 is 0 Å². The van der Waals surface area contributed by atoms with Gasteiger partial charge < -0.3 is 19.9 Å². The number of nitrogens with zero attached hydrogens (tertiary/aromatic N) is 2. The highest BCUT2D eigenvalue weighted by Gasteiger charge is 2.27. The Balaban J connectivity index is 1.41. The number of benzene rings is 1. The molecule has 2 N–H and O–H groups in total. The Kier molecular flexibility index (Phi) is 5.26. The van der Waals surface area contributed by atoms with Crippen molar-refractivity contribution >= 4 is 6.03 Å². The van der Waals surface area contributed by atoms with Gasteiger partial charge in [0.05, 0.1) is 6.04 Å². The second-order valence-electron chi connectivity index (χ2n) is 6.56. The molecule has 25 heavy (non-hydrogen) atoms. The summed E-state index contributed by atoms with van der Waals surface area (Å²) in [5.74, 6) is 1.94. The number of aryl methyl sites for hydroxylation is 3. The lowest BCUT2D eigenvalue weighted by Gasteiger charge is -2.13. The van der Waals surface area contributed by atoms with E-state index in [-0.39, 0.29) is 12.1 Å². The van der Waals surface area contributed by atoms with Crippen LogP contribution >= 0.6 is 0 Å². The SMILES string of the molecule is Cc1ccc2c(c1C)OC[C@@H]2NC(=O)NCCCCn1ccnc1C. The molecule has 1 aliphatic heterocycles. The highest BCUT2D eigenvalue weighted by molar-refractivity contribution is 5.74. The Labute approximate surface area is 148 Å². The van der Waals surface area contributed by atoms with E-state index in [0.29, 0.717) is 13.2 Å². The molecule has 0 unspecified atom stereocenters. The minimum Gasteiger partial charge on any atom is -0.490 e. The van der Waals surface area contributed by atoms with Crippen molar-refractivity contribution in [3.8, 4) is 5.75 Å². The van der Waals surface area contributed by atoms with Crippen molar-refractivity contribution in [3.05, 3.63) is 47.0 Å². The van der Waals surface area contributed by atoms with E-state index in [1.807, 2.05) is 25.4 Å². The molecule has 0 saturated carbocycles. The predicted molar refractivity (Wildman–Crippen MR) is 96.9 cm³/mol. The molecular formula is C19H26N4O2. The van der Waals surface area contributed by atoms with E-state index in [1.54, 1.807) is 0 Å². The molecule has 6 nitrogen and oxygen atoms in total. The number of urea groups is 1. The monoisotopic (exact) mass is 342 g/mol. The van der Waals surface area contributed by atoms with Crippen LogP contribution in [0.1, 0.15) is 41.4 Å². The molecule has 0 spiro atoms. The van der Waals surface area contributed by atoms with Crippen LogP contribution in [-0.4, -0.2) is 28.7 Å². The quantitative estimate of drug-likeness (QED) is 0.793. The van der Waals surface area contributed by atoms with Crippen LogP contribution in [0.5, 0.6) is 5.75 Å². The number of unbranched alkanes of at least 4 members (excludes halogenated alkanes) is 1. The van der Waals surface area contributed by atoms with Gasteiger partial charge >= 0.3 is 6.03 Å². The van der Waals surface area contributed by atoms with Crippen molar-refractivity contribution in [1.29, 1.82) is 0 Å². The lowest BCUT2D eigenvalue weighted by atomic mass is 10.0. The first-order chi connectivity index (χ1) is 12.1. The minimum atomic E-state index is -0.140. The van der Waals surface area contributed by atoms with Gasteiger partial charge in [-0.25, -0.2) is 9.78 Å². The molecule has 1 aromatic carbocycles. The molecule has 1 aliphatic rings. The van der Waals surface area contributed by atoms with E-state index in [9.17, 15) is 4.79 Å². The second kappa shape index (κ2) is 7.59. The number of carbonyl (C=O) groups is 1. The zero-order valence-corrected chi connectivity index (χ0v) is 15.1. The fourth-order valence-corrected chi connectivity index (χ4v) is 3.11. The molecule has 2 heterocycles. The predicted octanol–water partition coefficient (Wildman–Crippen LogP) is 3.02. The van der Waals surface area contributed by atoms with E-state index in [4.69, 9.17) is 4.74 Å². The first-order valence-electron chi connectivity index (χ1n) is 8.81. The Morgan fingerprint density at radius 3 is 2.92 bits per heavy atom. The van der Waals surface area contributed by atoms with Crippen LogP contribution in [0, 0.1) is 20.8 Å². The van der Waals surface area contributed by atoms with Gasteiger partial charge in [-0.05, 0) is 44.7 Å². The number of rotatable bonds is 6. The summed E-state index contributed by atoms with van der Waals surface area (Å²) in [4.78, 5) is 16.3. The van der Waals surface area contributed by atoms with E-state index in [1.165, 1.54) is 5.56 Å². The third kappa shape index (κ3) is 3.95. The number of nitrogens with one attached hydrogen (secondary N) is 2. The molecule has 0 fully saturated rings. The Bertz CT molecular complexity index is 754. The average Bonchev–Trinajstić information content (AvgIpc) is 3.18. The van der Waals surface area contributed by atoms with Crippen LogP contribution in [0.25, 0.3) is 0 Å². The normalized spacial score (nSPS) is 15.6.